The van der Waals surface area contributed by atoms with E-state index in [9.17, 15) is 21.6 Å². The van der Waals surface area contributed by atoms with Gasteiger partial charge in [0.05, 0.1) is 11.9 Å². The van der Waals surface area contributed by atoms with Crippen LogP contribution < -0.4 is 10.2 Å². The van der Waals surface area contributed by atoms with Crippen LogP contribution in [0.25, 0.3) is 17.1 Å². The van der Waals surface area contributed by atoms with Gasteiger partial charge in [-0.1, -0.05) is 0 Å². The van der Waals surface area contributed by atoms with Crippen molar-refractivity contribution in [2.24, 2.45) is 0 Å². The van der Waals surface area contributed by atoms with E-state index in [1.807, 2.05) is 20.2 Å². The zero-order valence-corrected chi connectivity index (χ0v) is 25.4. The SMILES string of the molecule is Cc1nc(-c2nc(NC3CCN(S(C)(=O)=O)CC3)ncc2C(F)(F)F)cn1-c1ccc(N2CCCC(N(C)C)C2)cc1F. The smallest absolute Gasteiger partial charge is 0.370 e. The van der Waals surface area contributed by atoms with E-state index in [2.05, 4.69) is 30.1 Å². The molecule has 1 unspecified atom stereocenters. The quantitative estimate of drug-likeness (QED) is 0.392. The molecular weight excluding hydrogens is 588 g/mol. The Kier molecular flexibility index (Phi) is 8.69. The monoisotopic (exact) mass is 624 g/mol. The fourth-order valence-electron chi connectivity index (χ4n) is 5.70. The number of aryl methyl sites for hydroxylation is 1. The molecule has 1 N–H and O–H groups in total. The molecule has 0 aliphatic carbocycles. The third-order valence-corrected chi connectivity index (χ3v) is 9.46. The lowest BCUT2D eigenvalue weighted by atomic mass is 10.0. The van der Waals surface area contributed by atoms with Crippen LogP contribution in [0, 0.1) is 12.7 Å². The molecule has 0 bridgehead atoms. The van der Waals surface area contributed by atoms with Crippen LogP contribution in [0.15, 0.2) is 30.6 Å². The maximum absolute atomic E-state index is 15.5. The summed E-state index contributed by atoms with van der Waals surface area (Å²) in [6, 6.07) is 5.03. The summed E-state index contributed by atoms with van der Waals surface area (Å²) in [6.07, 6.45) is 1.41. The van der Waals surface area contributed by atoms with Crippen molar-refractivity contribution < 1.29 is 26.0 Å². The Morgan fingerprint density at radius 2 is 1.79 bits per heavy atom. The molecule has 15 heteroatoms. The fourth-order valence-corrected chi connectivity index (χ4v) is 6.57. The summed E-state index contributed by atoms with van der Waals surface area (Å²) in [4.78, 5) is 16.7. The first kappa shape index (κ1) is 31.1. The van der Waals surface area contributed by atoms with Crippen LogP contribution >= 0.6 is 0 Å². The summed E-state index contributed by atoms with van der Waals surface area (Å²) in [5.41, 5.74) is -0.652. The van der Waals surface area contributed by atoms with Crippen LogP contribution in [0.1, 0.15) is 37.1 Å². The predicted molar refractivity (Wildman–Crippen MR) is 156 cm³/mol. The molecule has 10 nitrogen and oxygen atoms in total. The van der Waals surface area contributed by atoms with Gasteiger partial charge in [0.1, 0.15) is 28.6 Å². The molecule has 0 spiro atoms. The molecule has 1 atom stereocenters. The summed E-state index contributed by atoms with van der Waals surface area (Å²) in [7, 11) is 0.740. The highest BCUT2D eigenvalue weighted by Crippen LogP contribution is 2.36. The summed E-state index contributed by atoms with van der Waals surface area (Å²) in [5.74, 6) is -0.249. The van der Waals surface area contributed by atoms with Gasteiger partial charge in [-0.25, -0.2) is 32.1 Å². The largest absolute Gasteiger partial charge is 0.420 e. The van der Waals surface area contributed by atoms with Crippen LogP contribution in [0.5, 0.6) is 0 Å². The molecule has 234 valence electrons. The van der Waals surface area contributed by atoms with Gasteiger partial charge in [-0.05, 0) is 64.9 Å². The lowest BCUT2D eigenvalue weighted by molar-refractivity contribution is -0.137. The Bertz CT molecular complexity index is 1570. The summed E-state index contributed by atoms with van der Waals surface area (Å²) >= 11 is 0. The number of likely N-dealkylation sites (N-methyl/N-ethyl adjacent to an activating group) is 1. The van der Waals surface area contributed by atoms with Crippen LogP contribution in [0.3, 0.4) is 0 Å². The van der Waals surface area contributed by atoms with Gasteiger partial charge in [0.2, 0.25) is 16.0 Å². The van der Waals surface area contributed by atoms with E-state index in [1.54, 1.807) is 13.0 Å². The molecule has 5 rings (SSSR count). The van der Waals surface area contributed by atoms with Crippen molar-refractivity contribution in [2.75, 3.05) is 56.7 Å². The number of nitrogens with one attached hydrogen (secondary N) is 1. The molecule has 2 saturated heterocycles. The fraction of sp³-hybridized carbons (Fsp3) is 0.536. The molecule has 2 aliphatic heterocycles. The summed E-state index contributed by atoms with van der Waals surface area (Å²) in [6.45, 7) is 3.75. The highest BCUT2D eigenvalue weighted by atomic mass is 32.2. The standard InChI is InChI=1S/C28H36F4N8O2S/c1-18-34-24(17-40(18)25-8-7-20(14-23(25)29)38-11-5-6-21(16-38)37(2)3)26-22(28(30,31)32)15-33-27(36-26)35-19-9-12-39(13-10-19)43(4,41)42/h7-8,14-15,17,19,21H,5-6,9-13,16H2,1-4H3,(H,33,35,36). The average molecular weight is 625 g/mol. The maximum atomic E-state index is 15.5. The third-order valence-electron chi connectivity index (χ3n) is 8.16. The number of halogens is 4. The number of benzene rings is 1. The maximum Gasteiger partial charge on any atom is 0.420 e. The summed E-state index contributed by atoms with van der Waals surface area (Å²) in [5, 5.41) is 3.04. The number of nitrogens with zero attached hydrogens (tertiary/aromatic N) is 7. The molecule has 2 aliphatic rings. The molecule has 43 heavy (non-hydrogen) atoms. The zero-order chi connectivity index (χ0) is 31.1. The topological polar surface area (TPSA) is 99.5 Å². The van der Waals surface area contributed by atoms with Crippen LogP contribution in [0.2, 0.25) is 0 Å². The van der Waals surface area contributed by atoms with E-state index >= 15 is 4.39 Å². The molecule has 1 aromatic carbocycles. The number of hydrogen-bond donors (Lipinski definition) is 1. The Morgan fingerprint density at radius 1 is 1.07 bits per heavy atom. The average Bonchev–Trinajstić information content (AvgIpc) is 3.33. The Balaban J connectivity index is 1.41. The predicted octanol–water partition coefficient (Wildman–Crippen LogP) is 4.16. The molecule has 4 heterocycles. The van der Waals surface area contributed by atoms with Crippen LogP contribution in [-0.4, -0.2) is 95.8 Å². The number of sulfonamides is 1. The van der Waals surface area contributed by atoms with Gasteiger partial charge in [-0.15, -0.1) is 0 Å². The summed E-state index contributed by atoms with van der Waals surface area (Å²) < 4.78 is 83.9. The highest BCUT2D eigenvalue weighted by Gasteiger charge is 2.37. The van der Waals surface area contributed by atoms with E-state index in [0.717, 1.165) is 37.9 Å². The zero-order valence-electron chi connectivity index (χ0n) is 24.6. The molecule has 2 aromatic heterocycles. The first-order valence-corrected chi connectivity index (χ1v) is 16.0. The van der Waals surface area contributed by atoms with Crippen molar-refractivity contribution in [1.29, 1.82) is 0 Å². The second-order valence-corrected chi connectivity index (χ2v) is 13.4. The number of piperidine rings is 2. The number of hydrogen-bond acceptors (Lipinski definition) is 8. The second-order valence-electron chi connectivity index (χ2n) is 11.4. The number of anilines is 2. The van der Waals surface area contributed by atoms with Gasteiger partial charge in [-0.2, -0.15) is 13.2 Å². The van der Waals surface area contributed by atoms with Crippen molar-refractivity contribution >= 4 is 21.7 Å². The Hall–Kier alpha value is -3.30. The first-order chi connectivity index (χ1) is 20.2. The van der Waals surface area contributed by atoms with Crippen LogP contribution in [0.4, 0.5) is 29.2 Å². The van der Waals surface area contributed by atoms with E-state index in [0.29, 0.717) is 30.9 Å². The Labute approximate surface area is 248 Å². The van der Waals surface area contributed by atoms with Gasteiger partial charge in [-0.3, -0.25) is 0 Å². The van der Waals surface area contributed by atoms with E-state index in [4.69, 9.17) is 0 Å². The van der Waals surface area contributed by atoms with E-state index in [-0.39, 0.29) is 36.5 Å². The minimum atomic E-state index is -4.75. The van der Waals surface area contributed by atoms with E-state index in [1.165, 1.54) is 21.1 Å². The van der Waals surface area contributed by atoms with Crippen molar-refractivity contribution in [3.05, 3.63) is 47.8 Å². The van der Waals surface area contributed by atoms with E-state index < -0.39 is 33.3 Å². The number of aromatic nitrogens is 4. The lowest BCUT2D eigenvalue weighted by Gasteiger charge is -2.37. The van der Waals surface area contributed by atoms with Crippen molar-refractivity contribution in [3.63, 3.8) is 0 Å². The van der Waals surface area contributed by atoms with Crippen molar-refractivity contribution in [1.82, 2.24) is 28.7 Å². The van der Waals surface area contributed by atoms with Gasteiger partial charge in [0.15, 0.2) is 0 Å². The van der Waals surface area contributed by atoms with Crippen molar-refractivity contribution in [2.45, 2.75) is 50.9 Å². The number of alkyl halides is 3. The normalized spacial score (nSPS) is 19.3. The third kappa shape index (κ3) is 6.93. The van der Waals surface area contributed by atoms with Crippen molar-refractivity contribution in [3.8, 4) is 17.1 Å². The number of rotatable bonds is 7. The molecule has 2 fully saturated rings. The molecular formula is C28H36F4N8O2S. The number of imidazole rings is 1. The van der Waals surface area contributed by atoms with Gasteiger partial charge in [0.25, 0.3) is 0 Å². The van der Waals surface area contributed by atoms with Gasteiger partial charge >= 0.3 is 6.18 Å². The first-order valence-electron chi connectivity index (χ1n) is 14.1. The van der Waals surface area contributed by atoms with Crippen LogP contribution in [-0.2, 0) is 16.2 Å². The van der Waals surface area contributed by atoms with Gasteiger partial charge < -0.3 is 19.7 Å². The van der Waals surface area contributed by atoms with Gasteiger partial charge in [0, 0.05) is 56.3 Å². The molecule has 3 aromatic rings. The lowest BCUT2D eigenvalue weighted by Crippen LogP contribution is -2.45. The molecule has 0 amide bonds. The second kappa shape index (κ2) is 12.0. The minimum Gasteiger partial charge on any atom is -0.370 e. The highest BCUT2D eigenvalue weighted by molar-refractivity contribution is 7.88. The Morgan fingerprint density at radius 3 is 2.42 bits per heavy atom. The minimum absolute atomic E-state index is 0.0268. The molecule has 0 saturated carbocycles. The molecule has 0 radical (unpaired) electrons.